The molecule has 1 heterocycles. The van der Waals surface area contributed by atoms with E-state index in [4.69, 9.17) is 5.11 Å². The summed E-state index contributed by atoms with van der Waals surface area (Å²) in [6.45, 7) is 2.15. The number of rotatable bonds is 5. The van der Waals surface area contributed by atoms with Gasteiger partial charge in [-0.2, -0.15) is 0 Å². The quantitative estimate of drug-likeness (QED) is 0.645. The molecule has 0 amide bonds. The topological polar surface area (TPSA) is 88.3 Å². The highest BCUT2D eigenvalue weighted by Crippen LogP contribution is 2.18. The van der Waals surface area contributed by atoms with E-state index in [1.54, 1.807) is 13.0 Å². The fourth-order valence-corrected chi connectivity index (χ4v) is 1.88. The smallest absolute Gasteiger partial charge is 0.290 e. The first kappa shape index (κ1) is 14.0. The Morgan fingerprint density at radius 2 is 2.05 bits per heavy atom. The Labute approximate surface area is 116 Å². The first-order valence-electron chi connectivity index (χ1n) is 6.14. The van der Waals surface area contributed by atoms with Gasteiger partial charge in [-0.15, -0.1) is 0 Å². The maximum atomic E-state index is 10.7. The van der Waals surface area contributed by atoms with Crippen molar-refractivity contribution in [2.75, 3.05) is 5.32 Å². The van der Waals surface area contributed by atoms with E-state index in [1.807, 2.05) is 24.3 Å². The Hall–Kier alpha value is -2.47. The molecule has 0 aliphatic carbocycles. The van der Waals surface area contributed by atoms with Gasteiger partial charge in [0, 0.05) is 12.6 Å². The molecule has 6 nitrogen and oxygen atoms in total. The number of pyridine rings is 1. The molecule has 1 aromatic heterocycles. The van der Waals surface area contributed by atoms with Crippen molar-refractivity contribution in [1.29, 1.82) is 0 Å². The van der Waals surface area contributed by atoms with E-state index in [2.05, 4.69) is 10.3 Å². The molecule has 20 heavy (non-hydrogen) atoms. The van der Waals surface area contributed by atoms with Crippen LogP contribution in [0.3, 0.4) is 0 Å². The number of nitro groups is 1. The highest BCUT2D eigenvalue weighted by atomic mass is 16.6. The molecule has 2 rings (SSSR count). The normalized spacial score (nSPS) is 10.3. The minimum absolute atomic E-state index is 0.00271. The summed E-state index contributed by atoms with van der Waals surface area (Å²) >= 11 is 0. The minimum atomic E-state index is -0.448. The van der Waals surface area contributed by atoms with Crippen LogP contribution in [0.5, 0.6) is 0 Å². The lowest BCUT2D eigenvalue weighted by Gasteiger charge is -2.07. The number of nitrogens with one attached hydrogen (secondary N) is 1. The SMILES string of the molecule is Cc1nc(NCc2cccc(CO)c2)ccc1[N+](=O)[O-]. The average molecular weight is 273 g/mol. The molecule has 0 spiro atoms. The molecule has 1 aromatic carbocycles. The number of benzene rings is 1. The Bertz CT molecular complexity index is 629. The third-order valence-electron chi connectivity index (χ3n) is 2.90. The van der Waals surface area contributed by atoms with Gasteiger partial charge < -0.3 is 10.4 Å². The third-order valence-corrected chi connectivity index (χ3v) is 2.90. The Kier molecular flexibility index (Phi) is 4.27. The lowest BCUT2D eigenvalue weighted by atomic mass is 10.1. The predicted octanol–water partition coefficient (Wildman–Crippen LogP) is 2.40. The maximum absolute atomic E-state index is 10.7. The molecule has 0 atom stereocenters. The second-order valence-electron chi connectivity index (χ2n) is 4.39. The number of hydrogen-bond acceptors (Lipinski definition) is 5. The summed E-state index contributed by atoms with van der Waals surface area (Å²) in [4.78, 5) is 14.4. The van der Waals surface area contributed by atoms with E-state index in [0.29, 0.717) is 18.1 Å². The van der Waals surface area contributed by atoms with Gasteiger partial charge in [0.05, 0.1) is 11.5 Å². The molecule has 0 saturated heterocycles. The van der Waals surface area contributed by atoms with Crippen LogP contribution in [-0.4, -0.2) is 15.0 Å². The van der Waals surface area contributed by atoms with E-state index >= 15 is 0 Å². The van der Waals surface area contributed by atoms with E-state index in [0.717, 1.165) is 11.1 Å². The summed E-state index contributed by atoms with van der Waals surface area (Å²) in [6.07, 6.45) is 0. The van der Waals surface area contributed by atoms with Gasteiger partial charge in [0.2, 0.25) is 0 Å². The molecule has 0 radical (unpaired) electrons. The molecule has 2 aromatic rings. The lowest BCUT2D eigenvalue weighted by molar-refractivity contribution is -0.385. The van der Waals surface area contributed by atoms with Crippen molar-refractivity contribution in [1.82, 2.24) is 4.98 Å². The third kappa shape index (κ3) is 3.30. The Morgan fingerprint density at radius 1 is 1.30 bits per heavy atom. The highest BCUT2D eigenvalue weighted by Gasteiger charge is 2.11. The molecule has 6 heteroatoms. The number of aryl methyl sites for hydroxylation is 1. The monoisotopic (exact) mass is 273 g/mol. The molecule has 0 aliphatic heterocycles. The second kappa shape index (κ2) is 6.12. The second-order valence-corrected chi connectivity index (χ2v) is 4.39. The van der Waals surface area contributed by atoms with Gasteiger partial charge >= 0.3 is 0 Å². The number of nitrogens with zero attached hydrogens (tertiary/aromatic N) is 2. The van der Waals surface area contributed by atoms with Gasteiger partial charge in [-0.05, 0) is 24.1 Å². The van der Waals surface area contributed by atoms with Crippen molar-refractivity contribution in [3.05, 3.63) is 63.3 Å². The summed E-state index contributed by atoms with van der Waals surface area (Å²) in [5.41, 5.74) is 2.24. The highest BCUT2D eigenvalue weighted by molar-refractivity contribution is 5.45. The number of hydrogen-bond donors (Lipinski definition) is 2. The van der Waals surface area contributed by atoms with Crippen molar-refractivity contribution in [3.8, 4) is 0 Å². The average Bonchev–Trinajstić information content (AvgIpc) is 2.45. The number of aromatic nitrogens is 1. The summed E-state index contributed by atoms with van der Waals surface area (Å²) in [5.74, 6) is 0.586. The van der Waals surface area contributed by atoms with Gasteiger partial charge in [0.15, 0.2) is 0 Å². The Balaban J connectivity index is 2.07. The Morgan fingerprint density at radius 3 is 2.70 bits per heavy atom. The van der Waals surface area contributed by atoms with Crippen LogP contribution in [0.4, 0.5) is 11.5 Å². The first-order valence-corrected chi connectivity index (χ1v) is 6.14. The molecule has 2 N–H and O–H groups in total. The van der Waals surface area contributed by atoms with Crippen LogP contribution in [0.1, 0.15) is 16.8 Å². The first-order chi connectivity index (χ1) is 9.60. The van der Waals surface area contributed by atoms with Gasteiger partial charge in [-0.25, -0.2) is 4.98 Å². The number of anilines is 1. The fraction of sp³-hybridized carbons (Fsp3) is 0.214. The van der Waals surface area contributed by atoms with Crippen LogP contribution in [0, 0.1) is 17.0 Å². The number of aliphatic hydroxyl groups excluding tert-OH is 1. The van der Waals surface area contributed by atoms with Gasteiger partial charge in [-0.3, -0.25) is 10.1 Å². The molecule has 0 saturated carbocycles. The van der Waals surface area contributed by atoms with E-state index in [9.17, 15) is 10.1 Å². The lowest BCUT2D eigenvalue weighted by Crippen LogP contribution is -2.03. The van der Waals surface area contributed by atoms with Crippen LogP contribution < -0.4 is 5.32 Å². The summed E-state index contributed by atoms with van der Waals surface area (Å²) in [6, 6.07) is 10.6. The van der Waals surface area contributed by atoms with Crippen LogP contribution in [0.15, 0.2) is 36.4 Å². The molecule has 0 bridgehead atoms. The molecule has 0 unspecified atom stereocenters. The van der Waals surface area contributed by atoms with E-state index in [-0.39, 0.29) is 12.3 Å². The van der Waals surface area contributed by atoms with E-state index < -0.39 is 4.92 Å². The largest absolute Gasteiger partial charge is 0.392 e. The minimum Gasteiger partial charge on any atom is -0.392 e. The van der Waals surface area contributed by atoms with Crippen molar-refractivity contribution in [2.45, 2.75) is 20.1 Å². The van der Waals surface area contributed by atoms with Crippen LogP contribution in [-0.2, 0) is 13.2 Å². The van der Waals surface area contributed by atoms with Gasteiger partial charge in [0.1, 0.15) is 11.5 Å². The van der Waals surface area contributed by atoms with Gasteiger partial charge in [-0.1, -0.05) is 24.3 Å². The number of aliphatic hydroxyl groups is 1. The van der Waals surface area contributed by atoms with E-state index in [1.165, 1.54) is 6.07 Å². The molecule has 104 valence electrons. The van der Waals surface area contributed by atoms with Crippen LogP contribution in [0.25, 0.3) is 0 Å². The molecule has 0 aliphatic rings. The van der Waals surface area contributed by atoms with Crippen LogP contribution >= 0.6 is 0 Å². The molecule has 0 fully saturated rings. The standard InChI is InChI=1S/C14H15N3O3/c1-10-13(17(19)20)5-6-14(16-10)15-8-11-3-2-4-12(7-11)9-18/h2-7,18H,8-9H2,1H3,(H,15,16). The van der Waals surface area contributed by atoms with Crippen molar-refractivity contribution in [2.24, 2.45) is 0 Å². The molecular weight excluding hydrogens is 258 g/mol. The van der Waals surface area contributed by atoms with Crippen molar-refractivity contribution < 1.29 is 10.0 Å². The van der Waals surface area contributed by atoms with Crippen molar-refractivity contribution in [3.63, 3.8) is 0 Å². The zero-order chi connectivity index (χ0) is 14.5. The summed E-state index contributed by atoms with van der Waals surface area (Å²) < 4.78 is 0. The summed E-state index contributed by atoms with van der Waals surface area (Å²) in [7, 11) is 0. The zero-order valence-electron chi connectivity index (χ0n) is 11.0. The zero-order valence-corrected chi connectivity index (χ0v) is 11.0. The maximum Gasteiger partial charge on any atom is 0.290 e. The molecular formula is C14H15N3O3. The van der Waals surface area contributed by atoms with Crippen molar-refractivity contribution >= 4 is 11.5 Å². The predicted molar refractivity (Wildman–Crippen MR) is 75.3 cm³/mol. The van der Waals surface area contributed by atoms with Crippen LogP contribution in [0.2, 0.25) is 0 Å². The summed E-state index contributed by atoms with van der Waals surface area (Å²) in [5, 5.41) is 22.9. The van der Waals surface area contributed by atoms with Gasteiger partial charge in [0.25, 0.3) is 5.69 Å². The fourth-order valence-electron chi connectivity index (χ4n) is 1.88.